The van der Waals surface area contributed by atoms with Crippen molar-refractivity contribution >= 4 is 27.7 Å². The number of hydrogen-bond acceptors (Lipinski definition) is 4. The summed E-state index contributed by atoms with van der Waals surface area (Å²) < 4.78 is 6.78. The Morgan fingerprint density at radius 3 is 2.94 bits per heavy atom. The van der Waals surface area contributed by atoms with E-state index >= 15 is 0 Å². The predicted octanol–water partition coefficient (Wildman–Crippen LogP) is 3.58. The minimum atomic E-state index is -1.27. The van der Waals surface area contributed by atoms with Crippen molar-refractivity contribution in [1.82, 2.24) is 9.78 Å². The number of rotatable bonds is 2. The zero-order valence-electron chi connectivity index (χ0n) is 10.0. The van der Waals surface area contributed by atoms with Gasteiger partial charge in [-0.2, -0.15) is 5.10 Å². The molecule has 2 aromatic heterocycles. The van der Waals surface area contributed by atoms with Crippen molar-refractivity contribution in [3.05, 3.63) is 11.8 Å². The standard InChI is InChI=1S/C12H14N2O3S/c1-7-9-6-10(17-12(15)16)18-11(9)14(13-7)8-4-2-3-5-8/h6,8H,2-5H2,1H3,(H,15,16). The third-order valence-electron chi connectivity index (χ3n) is 3.40. The van der Waals surface area contributed by atoms with Crippen LogP contribution in [0, 0.1) is 6.92 Å². The maximum absolute atomic E-state index is 10.6. The zero-order valence-corrected chi connectivity index (χ0v) is 10.9. The quantitative estimate of drug-likeness (QED) is 0.844. The minimum absolute atomic E-state index is 0.421. The summed E-state index contributed by atoms with van der Waals surface area (Å²) in [6, 6.07) is 2.22. The van der Waals surface area contributed by atoms with E-state index in [-0.39, 0.29) is 0 Å². The lowest BCUT2D eigenvalue weighted by molar-refractivity contribution is 0.146. The number of aromatic nitrogens is 2. The van der Waals surface area contributed by atoms with Gasteiger partial charge in [0.25, 0.3) is 0 Å². The molecule has 5 nitrogen and oxygen atoms in total. The molecule has 0 aromatic carbocycles. The lowest BCUT2D eigenvalue weighted by atomic mass is 10.2. The van der Waals surface area contributed by atoms with Crippen LogP contribution >= 0.6 is 11.3 Å². The molecular weight excluding hydrogens is 252 g/mol. The summed E-state index contributed by atoms with van der Waals surface area (Å²) in [5.74, 6) is 0. The van der Waals surface area contributed by atoms with E-state index in [9.17, 15) is 4.79 Å². The zero-order chi connectivity index (χ0) is 12.7. The second-order valence-corrected chi connectivity index (χ2v) is 5.61. The van der Waals surface area contributed by atoms with Crippen LogP contribution in [0.15, 0.2) is 6.07 Å². The van der Waals surface area contributed by atoms with Crippen LogP contribution in [-0.2, 0) is 0 Å². The molecule has 0 amide bonds. The van der Waals surface area contributed by atoms with Crippen LogP contribution < -0.4 is 4.74 Å². The highest BCUT2D eigenvalue weighted by Crippen LogP contribution is 2.38. The Hall–Kier alpha value is -1.56. The fourth-order valence-corrected chi connectivity index (χ4v) is 3.66. The van der Waals surface area contributed by atoms with Crippen LogP contribution in [0.1, 0.15) is 37.4 Å². The van der Waals surface area contributed by atoms with Crippen molar-refractivity contribution in [3.8, 4) is 5.06 Å². The highest BCUT2D eigenvalue weighted by Gasteiger charge is 2.22. The summed E-state index contributed by atoms with van der Waals surface area (Å²) in [6.07, 6.45) is 3.54. The van der Waals surface area contributed by atoms with Gasteiger partial charge in [-0.25, -0.2) is 4.79 Å². The van der Waals surface area contributed by atoms with Crippen molar-refractivity contribution in [2.75, 3.05) is 0 Å². The van der Waals surface area contributed by atoms with Crippen molar-refractivity contribution in [1.29, 1.82) is 0 Å². The first kappa shape index (κ1) is 11.5. The maximum Gasteiger partial charge on any atom is 0.512 e. The Labute approximate surface area is 108 Å². The average molecular weight is 266 g/mol. The van der Waals surface area contributed by atoms with Gasteiger partial charge in [0.05, 0.1) is 11.7 Å². The van der Waals surface area contributed by atoms with Crippen LogP contribution in [0.5, 0.6) is 5.06 Å². The molecule has 6 heteroatoms. The molecule has 0 spiro atoms. The van der Waals surface area contributed by atoms with Crippen LogP contribution in [0.3, 0.4) is 0 Å². The first-order valence-corrected chi connectivity index (χ1v) is 6.86. The predicted molar refractivity (Wildman–Crippen MR) is 68.5 cm³/mol. The average Bonchev–Trinajstić information content (AvgIpc) is 2.96. The van der Waals surface area contributed by atoms with Gasteiger partial charge in [-0.3, -0.25) is 4.68 Å². The number of ether oxygens (including phenoxy) is 1. The first-order valence-electron chi connectivity index (χ1n) is 6.04. The molecule has 2 heterocycles. The number of thiophene rings is 1. The van der Waals surface area contributed by atoms with Crippen molar-refractivity contribution in [3.63, 3.8) is 0 Å². The second-order valence-electron chi connectivity index (χ2n) is 4.62. The fourth-order valence-electron chi connectivity index (χ4n) is 2.58. The maximum atomic E-state index is 10.6. The van der Waals surface area contributed by atoms with Crippen molar-refractivity contribution < 1.29 is 14.6 Å². The van der Waals surface area contributed by atoms with Gasteiger partial charge in [-0.1, -0.05) is 24.2 Å². The Bertz CT molecular complexity index is 596. The van der Waals surface area contributed by atoms with E-state index in [2.05, 4.69) is 9.78 Å². The molecule has 0 atom stereocenters. The SMILES string of the molecule is Cc1nn(C2CCCC2)c2sc(OC(=O)O)cc12. The Morgan fingerprint density at radius 1 is 1.56 bits per heavy atom. The summed E-state index contributed by atoms with van der Waals surface area (Å²) in [5, 5.41) is 14.6. The second kappa shape index (κ2) is 4.28. The van der Waals surface area contributed by atoms with Gasteiger partial charge in [-0.15, -0.1) is 0 Å². The van der Waals surface area contributed by atoms with E-state index in [1.807, 2.05) is 6.92 Å². The number of aryl methyl sites for hydroxylation is 1. The van der Waals surface area contributed by atoms with Gasteiger partial charge in [-0.05, 0) is 19.8 Å². The molecule has 1 saturated carbocycles. The summed E-state index contributed by atoms with van der Waals surface area (Å²) in [4.78, 5) is 11.6. The molecule has 96 valence electrons. The highest BCUT2D eigenvalue weighted by molar-refractivity contribution is 7.20. The molecule has 0 radical (unpaired) electrons. The Balaban J connectivity index is 2.03. The molecule has 1 aliphatic rings. The lowest BCUT2D eigenvalue weighted by Crippen LogP contribution is -2.05. The van der Waals surface area contributed by atoms with Crippen LogP contribution in [0.25, 0.3) is 10.2 Å². The van der Waals surface area contributed by atoms with Crippen LogP contribution in [-0.4, -0.2) is 21.0 Å². The molecule has 2 aromatic rings. The number of fused-ring (bicyclic) bond motifs is 1. The monoisotopic (exact) mass is 266 g/mol. The Kier molecular flexibility index (Phi) is 2.74. The van der Waals surface area contributed by atoms with E-state index in [0.717, 1.165) is 28.8 Å². The van der Waals surface area contributed by atoms with Crippen molar-refractivity contribution in [2.24, 2.45) is 0 Å². The number of carboxylic acid groups (broad SMARTS) is 1. The van der Waals surface area contributed by atoms with E-state index in [0.29, 0.717) is 11.1 Å². The fraction of sp³-hybridized carbons (Fsp3) is 0.500. The summed E-state index contributed by atoms with van der Waals surface area (Å²) in [7, 11) is 0. The van der Waals surface area contributed by atoms with E-state index in [1.165, 1.54) is 24.2 Å². The van der Waals surface area contributed by atoms with E-state index in [4.69, 9.17) is 9.84 Å². The largest absolute Gasteiger partial charge is 0.512 e. The molecule has 0 bridgehead atoms. The topological polar surface area (TPSA) is 64.4 Å². The molecule has 1 aliphatic carbocycles. The first-order chi connectivity index (χ1) is 8.65. The summed E-state index contributed by atoms with van der Waals surface area (Å²) in [5.41, 5.74) is 0.938. The third-order valence-corrected chi connectivity index (χ3v) is 4.41. The van der Waals surface area contributed by atoms with Gasteiger partial charge >= 0.3 is 6.16 Å². The minimum Gasteiger partial charge on any atom is -0.449 e. The van der Waals surface area contributed by atoms with Gasteiger partial charge < -0.3 is 9.84 Å². The number of carbonyl (C=O) groups is 1. The molecule has 18 heavy (non-hydrogen) atoms. The van der Waals surface area contributed by atoms with E-state index in [1.54, 1.807) is 6.07 Å². The lowest BCUT2D eigenvalue weighted by Gasteiger charge is -2.09. The van der Waals surface area contributed by atoms with Crippen LogP contribution in [0.4, 0.5) is 4.79 Å². The molecule has 1 fully saturated rings. The highest BCUT2D eigenvalue weighted by atomic mass is 32.1. The normalized spacial score (nSPS) is 16.5. The third kappa shape index (κ3) is 1.86. The molecule has 3 rings (SSSR count). The van der Waals surface area contributed by atoms with Gasteiger partial charge in [0.1, 0.15) is 4.83 Å². The molecule has 0 unspecified atom stereocenters. The van der Waals surface area contributed by atoms with Gasteiger partial charge in [0, 0.05) is 11.5 Å². The molecular formula is C12H14N2O3S. The van der Waals surface area contributed by atoms with Gasteiger partial charge in [0.15, 0.2) is 5.06 Å². The summed E-state index contributed by atoms with van der Waals surface area (Å²) >= 11 is 1.36. The number of nitrogens with zero attached hydrogens (tertiary/aromatic N) is 2. The molecule has 1 N–H and O–H groups in total. The molecule has 0 aliphatic heterocycles. The Morgan fingerprint density at radius 2 is 2.28 bits per heavy atom. The number of hydrogen-bond donors (Lipinski definition) is 1. The molecule has 0 saturated heterocycles. The van der Waals surface area contributed by atoms with Crippen molar-refractivity contribution in [2.45, 2.75) is 38.6 Å². The van der Waals surface area contributed by atoms with E-state index < -0.39 is 6.16 Å². The smallest absolute Gasteiger partial charge is 0.449 e. The van der Waals surface area contributed by atoms with Gasteiger partial charge in [0.2, 0.25) is 0 Å². The van der Waals surface area contributed by atoms with Crippen LogP contribution in [0.2, 0.25) is 0 Å². The summed E-state index contributed by atoms with van der Waals surface area (Å²) in [6.45, 7) is 1.95.